The van der Waals surface area contributed by atoms with Gasteiger partial charge in [0.2, 0.25) is 17.6 Å². The van der Waals surface area contributed by atoms with Crippen LogP contribution in [-0.4, -0.2) is 29.7 Å². The van der Waals surface area contributed by atoms with E-state index < -0.39 is 0 Å². The summed E-state index contributed by atoms with van der Waals surface area (Å²) in [6, 6.07) is 13.0. The molecule has 2 heterocycles. The normalized spacial score (nSPS) is 16.8. The Bertz CT molecular complexity index is 1000. The van der Waals surface area contributed by atoms with Crippen LogP contribution in [-0.2, 0) is 4.79 Å². The van der Waals surface area contributed by atoms with E-state index in [1.165, 1.54) is 0 Å². The van der Waals surface area contributed by atoms with Gasteiger partial charge in [-0.2, -0.15) is 4.98 Å². The van der Waals surface area contributed by atoms with E-state index >= 15 is 0 Å². The van der Waals surface area contributed by atoms with Crippen LogP contribution in [0.1, 0.15) is 23.8 Å². The lowest BCUT2D eigenvalue weighted by atomic mass is 10.1. The van der Waals surface area contributed by atoms with E-state index in [-0.39, 0.29) is 11.8 Å². The second kappa shape index (κ2) is 7.04. The van der Waals surface area contributed by atoms with E-state index in [0.29, 0.717) is 35.5 Å². The molecule has 0 bridgehead atoms. The molecular weight excluding hydrogens is 366 g/mol. The number of nitrogens with zero attached hydrogens (tertiary/aromatic N) is 3. The van der Waals surface area contributed by atoms with Crippen molar-refractivity contribution in [1.82, 2.24) is 10.1 Å². The van der Waals surface area contributed by atoms with Gasteiger partial charge in [-0.25, -0.2) is 0 Å². The highest BCUT2D eigenvalue weighted by molar-refractivity contribution is 6.30. The SMILES string of the molecule is COc1ccccc1-c1noc(C2CC(=O)N(c3ccc(Cl)cc3C)C2)n1. The Kier molecular flexibility index (Phi) is 4.58. The molecule has 0 saturated carbocycles. The topological polar surface area (TPSA) is 68.5 Å². The minimum atomic E-state index is -0.150. The van der Waals surface area contributed by atoms with E-state index in [4.69, 9.17) is 20.9 Å². The predicted molar refractivity (Wildman–Crippen MR) is 102 cm³/mol. The number of aryl methyl sites for hydroxylation is 1. The highest BCUT2D eigenvalue weighted by Crippen LogP contribution is 2.35. The molecule has 0 N–H and O–H groups in total. The molecule has 1 atom stereocenters. The number of aromatic nitrogens is 2. The van der Waals surface area contributed by atoms with Gasteiger partial charge in [-0.05, 0) is 42.8 Å². The molecule has 0 radical (unpaired) electrons. The van der Waals surface area contributed by atoms with Gasteiger partial charge in [0.1, 0.15) is 5.75 Å². The van der Waals surface area contributed by atoms with Crippen molar-refractivity contribution >= 4 is 23.2 Å². The number of hydrogen-bond acceptors (Lipinski definition) is 5. The summed E-state index contributed by atoms with van der Waals surface area (Å²) in [5.41, 5.74) is 2.57. The van der Waals surface area contributed by atoms with Crippen LogP contribution in [0, 0.1) is 6.92 Å². The molecule has 1 unspecified atom stereocenters. The van der Waals surface area contributed by atoms with Crippen LogP contribution >= 0.6 is 11.6 Å². The maximum Gasteiger partial charge on any atom is 0.232 e. The Hall–Kier alpha value is -2.86. The molecular formula is C20H18ClN3O3. The third-order valence-electron chi connectivity index (χ3n) is 4.71. The van der Waals surface area contributed by atoms with Gasteiger partial charge >= 0.3 is 0 Å². The van der Waals surface area contributed by atoms with Gasteiger partial charge in [-0.3, -0.25) is 4.79 Å². The molecule has 3 aromatic rings. The Morgan fingerprint density at radius 2 is 2.07 bits per heavy atom. The van der Waals surface area contributed by atoms with Gasteiger partial charge in [-0.15, -0.1) is 0 Å². The molecule has 1 aromatic heterocycles. The summed E-state index contributed by atoms with van der Waals surface area (Å²) in [5, 5.41) is 4.73. The Labute approximate surface area is 161 Å². The summed E-state index contributed by atoms with van der Waals surface area (Å²) in [6.45, 7) is 2.43. The van der Waals surface area contributed by atoms with Crippen LogP contribution in [0.15, 0.2) is 47.0 Å². The zero-order valence-electron chi connectivity index (χ0n) is 15.0. The van der Waals surface area contributed by atoms with Gasteiger partial charge < -0.3 is 14.2 Å². The van der Waals surface area contributed by atoms with Crippen molar-refractivity contribution in [2.24, 2.45) is 0 Å². The first-order valence-electron chi connectivity index (χ1n) is 8.60. The third-order valence-corrected chi connectivity index (χ3v) is 4.95. The fourth-order valence-corrected chi connectivity index (χ4v) is 3.59. The van der Waals surface area contributed by atoms with E-state index in [0.717, 1.165) is 16.8 Å². The van der Waals surface area contributed by atoms with Crippen LogP contribution in [0.4, 0.5) is 5.69 Å². The summed E-state index contributed by atoms with van der Waals surface area (Å²) >= 11 is 6.02. The first kappa shape index (κ1) is 17.5. The summed E-state index contributed by atoms with van der Waals surface area (Å²) in [6.07, 6.45) is 0.329. The first-order valence-corrected chi connectivity index (χ1v) is 8.98. The summed E-state index contributed by atoms with van der Waals surface area (Å²) < 4.78 is 10.8. The highest BCUT2D eigenvalue weighted by Gasteiger charge is 2.35. The summed E-state index contributed by atoms with van der Waals surface area (Å²) in [7, 11) is 1.60. The van der Waals surface area contributed by atoms with Gasteiger partial charge in [0.25, 0.3) is 0 Å². The first-order chi connectivity index (χ1) is 13.1. The zero-order chi connectivity index (χ0) is 19.0. The third kappa shape index (κ3) is 3.28. The Balaban J connectivity index is 1.59. The van der Waals surface area contributed by atoms with Crippen LogP contribution in [0.5, 0.6) is 5.75 Å². The molecule has 1 aliphatic heterocycles. The fraction of sp³-hybridized carbons (Fsp3) is 0.250. The van der Waals surface area contributed by atoms with Crippen LogP contribution < -0.4 is 9.64 Å². The molecule has 1 aliphatic rings. The molecule has 0 spiro atoms. The van der Waals surface area contributed by atoms with Crippen molar-refractivity contribution in [2.45, 2.75) is 19.3 Å². The molecule has 1 fully saturated rings. The molecule has 7 heteroatoms. The number of ether oxygens (including phenoxy) is 1. The van der Waals surface area contributed by atoms with Gasteiger partial charge in [0.05, 0.1) is 18.6 Å². The molecule has 1 amide bonds. The van der Waals surface area contributed by atoms with Crippen molar-refractivity contribution in [3.63, 3.8) is 0 Å². The predicted octanol–water partition coefficient (Wildman–Crippen LogP) is 4.23. The maximum atomic E-state index is 12.6. The van der Waals surface area contributed by atoms with E-state index in [2.05, 4.69) is 10.1 Å². The van der Waals surface area contributed by atoms with Crippen molar-refractivity contribution in [1.29, 1.82) is 0 Å². The van der Waals surface area contributed by atoms with Gasteiger partial charge in [-0.1, -0.05) is 28.9 Å². The molecule has 6 nitrogen and oxygen atoms in total. The number of carbonyl (C=O) groups excluding carboxylic acids is 1. The zero-order valence-corrected chi connectivity index (χ0v) is 15.7. The minimum Gasteiger partial charge on any atom is -0.496 e. The number of benzene rings is 2. The monoisotopic (exact) mass is 383 g/mol. The fourth-order valence-electron chi connectivity index (χ4n) is 3.37. The van der Waals surface area contributed by atoms with E-state index in [9.17, 15) is 4.79 Å². The average molecular weight is 384 g/mol. The van der Waals surface area contributed by atoms with Crippen LogP contribution in [0.3, 0.4) is 0 Å². The number of methoxy groups -OCH3 is 1. The quantitative estimate of drug-likeness (QED) is 0.674. The number of amides is 1. The van der Waals surface area contributed by atoms with Crippen molar-refractivity contribution in [3.8, 4) is 17.1 Å². The van der Waals surface area contributed by atoms with Gasteiger partial charge in [0.15, 0.2) is 0 Å². The van der Waals surface area contributed by atoms with Crippen molar-refractivity contribution < 1.29 is 14.1 Å². The maximum absolute atomic E-state index is 12.6. The summed E-state index contributed by atoms with van der Waals surface area (Å²) in [5.74, 6) is 1.46. The average Bonchev–Trinajstić information content (AvgIpc) is 3.29. The van der Waals surface area contributed by atoms with Crippen molar-refractivity contribution in [2.75, 3.05) is 18.6 Å². The molecule has 138 valence electrons. The lowest BCUT2D eigenvalue weighted by Gasteiger charge is -2.18. The molecule has 27 heavy (non-hydrogen) atoms. The van der Waals surface area contributed by atoms with Gasteiger partial charge in [0, 0.05) is 23.7 Å². The second-order valence-corrected chi connectivity index (χ2v) is 6.93. The highest BCUT2D eigenvalue weighted by atomic mass is 35.5. The number of halogens is 1. The standard InChI is InChI=1S/C20H18ClN3O3/c1-12-9-14(21)7-8-16(12)24-11-13(10-18(24)25)20-22-19(23-27-20)15-5-3-4-6-17(15)26-2/h3-9,13H,10-11H2,1-2H3. The smallest absolute Gasteiger partial charge is 0.232 e. The molecule has 0 aliphatic carbocycles. The second-order valence-electron chi connectivity index (χ2n) is 6.49. The lowest BCUT2D eigenvalue weighted by Crippen LogP contribution is -2.25. The Morgan fingerprint density at radius 3 is 2.85 bits per heavy atom. The van der Waals surface area contributed by atoms with Crippen molar-refractivity contribution in [3.05, 3.63) is 58.9 Å². The largest absolute Gasteiger partial charge is 0.496 e. The van der Waals surface area contributed by atoms with E-state index in [1.54, 1.807) is 18.1 Å². The molecule has 4 rings (SSSR count). The molecule has 1 saturated heterocycles. The van der Waals surface area contributed by atoms with Crippen LogP contribution in [0.25, 0.3) is 11.4 Å². The number of hydrogen-bond donors (Lipinski definition) is 0. The Morgan fingerprint density at radius 1 is 1.26 bits per heavy atom. The summed E-state index contributed by atoms with van der Waals surface area (Å²) in [4.78, 5) is 18.8. The minimum absolute atomic E-state index is 0.0301. The van der Waals surface area contributed by atoms with Crippen LogP contribution in [0.2, 0.25) is 5.02 Å². The number of anilines is 1. The number of rotatable bonds is 4. The number of para-hydroxylation sites is 1. The van der Waals surface area contributed by atoms with E-state index in [1.807, 2.05) is 43.3 Å². The number of carbonyl (C=O) groups is 1. The lowest BCUT2D eigenvalue weighted by molar-refractivity contribution is -0.117. The molecule has 2 aromatic carbocycles.